The maximum absolute atomic E-state index is 11.9. The van der Waals surface area contributed by atoms with E-state index in [9.17, 15) is 4.79 Å². The van der Waals surface area contributed by atoms with Crippen LogP contribution in [-0.4, -0.2) is 29.3 Å². The molecule has 1 rings (SSSR count). The van der Waals surface area contributed by atoms with Gasteiger partial charge < -0.3 is 4.90 Å². The first-order chi connectivity index (χ1) is 6.97. The van der Waals surface area contributed by atoms with Gasteiger partial charge in [0.25, 0.3) is 0 Å². The Morgan fingerprint density at radius 3 is 2.73 bits per heavy atom. The Kier molecular flexibility index (Phi) is 4.17. The van der Waals surface area contributed by atoms with Crippen LogP contribution in [0, 0.1) is 0 Å². The molecule has 0 spiro atoms. The minimum absolute atomic E-state index is 0.114. The molecular weight excluding hydrogens is 230 g/mol. The molecule has 4 heteroatoms. The lowest BCUT2D eigenvalue weighted by molar-refractivity contribution is -0.133. The van der Waals surface area contributed by atoms with Crippen LogP contribution >= 0.6 is 22.9 Å². The molecule has 0 saturated carbocycles. The average molecular weight is 246 g/mol. The first kappa shape index (κ1) is 12.5. The smallest absolute Gasteiger partial charge is 0.228 e. The Morgan fingerprint density at radius 2 is 2.27 bits per heavy atom. The Balaban J connectivity index is 2.62. The van der Waals surface area contributed by atoms with Crippen molar-refractivity contribution in [1.29, 1.82) is 0 Å². The third-order valence-electron chi connectivity index (χ3n) is 2.51. The number of hydrogen-bond donors (Lipinski definition) is 0. The highest BCUT2D eigenvalue weighted by molar-refractivity contribution is 7.10. The number of hydrogen-bond acceptors (Lipinski definition) is 2. The molecule has 15 heavy (non-hydrogen) atoms. The Hall–Kier alpha value is -0.540. The molecule has 0 radical (unpaired) electrons. The van der Waals surface area contributed by atoms with Crippen molar-refractivity contribution in [2.75, 3.05) is 12.9 Å². The lowest BCUT2D eigenvalue weighted by Gasteiger charge is -2.33. The van der Waals surface area contributed by atoms with E-state index < -0.39 is 0 Å². The molecule has 1 aromatic heterocycles. The van der Waals surface area contributed by atoms with Crippen molar-refractivity contribution in [2.24, 2.45) is 0 Å². The zero-order valence-electron chi connectivity index (χ0n) is 9.29. The molecular formula is C11H16ClNOS. The zero-order valence-corrected chi connectivity index (χ0v) is 10.9. The number of alkyl halides is 1. The van der Waals surface area contributed by atoms with E-state index in [4.69, 9.17) is 11.6 Å². The van der Waals surface area contributed by atoms with Crippen molar-refractivity contribution >= 4 is 28.8 Å². The fourth-order valence-corrected chi connectivity index (χ4v) is 1.98. The van der Waals surface area contributed by atoms with Gasteiger partial charge in [0.2, 0.25) is 5.91 Å². The number of carbonyl (C=O) groups excluding carboxylic acids is 1. The highest BCUT2D eigenvalue weighted by Crippen LogP contribution is 2.17. The van der Waals surface area contributed by atoms with Gasteiger partial charge in [0.15, 0.2) is 0 Å². The third-order valence-corrected chi connectivity index (χ3v) is 4.05. The predicted octanol–water partition coefficient (Wildman–Crippen LogP) is 2.77. The molecule has 1 aromatic rings. The van der Waals surface area contributed by atoms with Crippen LogP contribution in [0.4, 0.5) is 0 Å². The summed E-state index contributed by atoms with van der Waals surface area (Å²) in [4.78, 5) is 14.7. The maximum atomic E-state index is 11.9. The molecule has 0 saturated heterocycles. The second-order valence-corrected chi connectivity index (χ2v) is 5.45. The van der Waals surface area contributed by atoms with Gasteiger partial charge in [-0.25, -0.2) is 0 Å². The standard InChI is InChI=1S/C11H16ClNOS/c1-11(2,8-12)13(3)10(14)7-9-5-4-6-15-9/h4-6H,7-8H2,1-3H3. The molecule has 0 aliphatic heterocycles. The molecule has 0 aliphatic rings. The van der Waals surface area contributed by atoms with Gasteiger partial charge in [0, 0.05) is 17.8 Å². The van der Waals surface area contributed by atoms with Gasteiger partial charge in [-0.3, -0.25) is 4.79 Å². The average Bonchev–Trinajstić information content (AvgIpc) is 2.69. The van der Waals surface area contributed by atoms with Gasteiger partial charge in [0.05, 0.1) is 12.0 Å². The molecule has 1 amide bonds. The number of halogens is 1. The molecule has 0 unspecified atom stereocenters. The summed E-state index contributed by atoms with van der Waals surface area (Å²) in [5, 5.41) is 1.98. The zero-order chi connectivity index (χ0) is 11.5. The van der Waals surface area contributed by atoms with E-state index in [0.29, 0.717) is 12.3 Å². The van der Waals surface area contributed by atoms with Crippen LogP contribution in [0.15, 0.2) is 17.5 Å². The molecule has 0 atom stereocenters. The molecule has 2 nitrogen and oxygen atoms in total. The highest BCUT2D eigenvalue weighted by atomic mass is 35.5. The minimum atomic E-state index is -0.282. The molecule has 0 bridgehead atoms. The maximum Gasteiger partial charge on any atom is 0.228 e. The first-order valence-electron chi connectivity index (χ1n) is 4.82. The molecule has 0 aliphatic carbocycles. The van der Waals surface area contributed by atoms with Crippen molar-refractivity contribution in [3.05, 3.63) is 22.4 Å². The lowest BCUT2D eigenvalue weighted by atomic mass is 10.1. The second kappa shape index (κ2) is 4.99. The topological polar surface area (TPSA) is 20.3 Å². The van der Waals surface area contributed by atoms with E-state index in [1.54, 1.807) is 23.3 Å². The van der Waals surface area contributed by atoms with Crippen LogP contribution in [0.3, 0.4) is 0 Å². The van der Waals surface area contributed by atoms with Gasteiger partial charge in [-0.05, 0) is 25.3 Å². The van der Waals surface area contributed by atoms with Crippen molar-refractivity contribution in [3.8, 4) is 0 Å². The molecule has 84 valence electrons. The van der Waals surface area contributed by atoms with Crippen LogP contribution < -0.4 is 0 Å². The van der Waals surface area contributed by atoms with Crippen LogP contribution in [0.1, 0.15) is 18.7 Å². The second-order valence-electron chi connectivity index (χ2n) is 4.15. The van der Waals surface area contributed by atoms with Gasteiger partial charge in [0.1, 0.15) is 0 Å². The Bertz CT molecular complexity index is 321. The van der Waals surface area contributed by atoms with Gasteiger partial charge in [-0.15, -0.1) is 22.9 Å². The van der Waals surface area contributed by atoms with Crippen molar-refractivity contribution in [2.45, 2.75) is 25.8 Å². The van der Waals surface area contributed by atoms with E-state index >= 15 is 0 Å². The number of nitrogens with zero attached hydrogens (tertiary/aromatic N) is 1. The molecule has 1 heterocycles. The fraction of sp³-hybridized carbons (Fsp3) is 0.545. The van der Waals surface area contributed by atoms with E-state index in [1.807, 2.05) is 31.4 Å². The van der Waals surface area contributed by atoms with E-state index in [0.717, 1.165) is 4.88 Å². The van der Waals surface area contributed by atoms with Gasteiger partial charge >= 0.3 is 0 Å². The largest absolute Gasteiger partial charge is 0.339 e. The minimum Gasteiger partial charge on any atom is -0.339 e. The van der Waals surface area contributed by atoms with Crippen molar-refractivity contribution in [1.82, 2.24) is 4.90 Å². The summed E-state index contributed by atoms with van der Waals surface area (Å²) in [6.07, 6.45) is 0.467. The molecule has 0 N–H and O–H groups in total. The van der Waals surface area contributed by atoms with E-state index in [-0.39, 0.29) is 11.4 Å². The van der Waals surface area contributed by atoms with E-state index in [1.165, 1.54) is 0 Å². The van der Waals surface area contributed by atoms with Crippen LogP contribution in [0.25, 0.3) is 0 Å². The molecule has 0 fully saturated rings. The summed E-state index contributed by atoms with van der Waals surface area (Å²) >= 11 is 7.43. The number of likely N-dealkylation sites (N-methyl/N-ethyl adjacent to an activating group) is 1. The summed E-state index contributed by atoms with van der Waals surface area (Å²) in [6, 6.07) is 3.93. The predicted molar refractivity (Wildman–Crippen MR) is 65.6 cm³/mol. The molecule has 0 aromatic carbocycles. The monoisotopic (exact) mass is 245 g/mol. The lowest BCUT2D eigenvalue weighted by Crippen LogP contribution is -2.47. The first-order valence-corrected chi connectivity index (χ1v) is 6.24. The quantitative estimate of drug-likeness (QED) is 0.747. The number of amides is 1. The Labute approximate surface area is 99.9 Å². The number of rotatable bonds is 4. The SMILES string of the molecule is CN(C(=O)Cc1cccs1)C(C)(C)CCl. The summed E-state index contributed by atoms with van der Waals surface area (Å²) in [5.41, 5.74) is -0.282. The van der Waals surface area contributed by atoms with Crippen LogP contribution in [0.2, 0.25) is 0 Å². The summed E-state index contributed by atoms with van der Waals surface area (Å²) in [5.74, 6) is 0.558. The van der Waals surface area contributed by atoms with E-state index in [2.05, 4.69) is 0 Å². The fourth-order valence-electron chi connectivity index (χ4n) is 1.11. The highest BCUT2D eigenvalue weighted by Gasteiger charge is 2.26. The summed E-state index contributed by atoms with van der Waals surface area (Å²) < 4.78 is 0. The number of carbonyl (C=O) groups is 1. The van der Waals surface area contributed by atoms with Gasteiger partial charge in [-0.1, -0.05) is 6.07 Å². The third kappa shape index (κ3) is 3.21. The van der Waals surface area contributed by atoms with Crippen molar-refractivity contribution < 1.29 is 4.79 Å². The summed E-state index contributed by atoms with van der Waals surface area (Å²) in [6.45, 7) is 3.93. The van der Waals surface area contributed by atoms with Crippen molar-refractivity contribution in [3.63, 3.8) is 0 Å². The normalized spacial score (nSPS) is 11.5. The van der Waals surface area contributed by atoms with Gasteiger partial charge in [-0.2, -0.15) is 0 Å². The summed E-state index contributed by atoms with van der Waals surface area (Å²) in [7, 11) is 1.80. The van der Waals surface area contributed by atoms with Crippen LogP contribution in [0.5, 0.6) is 0 Å². The Morgan fingerprint density at radius 1 is 1.60 bits per heavy atom. The number of thiophene rings is 1. The van der Waals surface area contributed by atoms with Crippen LogP contribution in [-0.2, 0) is 11.2 Å².